The third-order valence-electron chi connectivity index (χ3n) is 3.29. The maximum atomic E-state index is 12.9. The topological polar surface area (TPSA) is 27.0 Å². The van der Waals surface area contributed by atoms with Crippen molar-refractivity contribution in [2.24, 2.45) is 0 Å². The Morgan fingerprint density at radius 3 is 2.28 bits per heavy atom. The summed E-state index contributed by atoms with van der Waals surface area (Å²) < 4.78 is 12.9. The van der Waals surface area contributed by atoms with E-state index in [2.05, 4.69) is 11.0 Å². The first-order valence-corrected chi connectivity index (χ1v) is 6.42. The van der Waals surface area contributed by atoms with Crippen molar-refractivity contribution in [3.63, 3.8) is 0 Å². The number of nitrogens with zero attached hydrogens (tertiary/aromatic N) is 2. The van der Waals surface area contributed by atoms with Crippen LogP contribution < -0.4 is 0 Å². The molecule has 0 aromatic heterocycles. The van der Waals surface area contributed by atoms with Gasteiger partial charge < -0.3 is 4.90 Å². The molecule has 18 heavy (non-hydrogen) atoms. The normalized spacial score (nSPS) is 17.1. The van der Waals surface area contributed by atoms with Gasteiger partial charge in [-0.25, -0.2) is 4.39 Å². The second kappa shape index (κ2) is 6.20. The molecule has 0 saturated carbocycles. The van der Waals surface area contributed by atoms with Gasteiger partial charge in [0.2, 0.25) is 0 Å². The van der Waals surface area contributed by atoms with Crippen LogP contribution in [0.15, 0.2) is 30.3 Å². The van der Waals surface area contributed by atoms with Crippen molar-refractivity contribution in [1.29, 1.82) is 5.26 Å². The van der Waals surface area contributed by atoms with Gasteiger partial charge in [0.15, 0.2) is 0 Å². The number of halogens is 1. The molecule has 0 amide bonds. The summed E-state index contributed by atoms with van der Waals surface area (Å²) in [4.78, 5) is 2.24. The molecule has 1 aliphatic heterocycles. The van der Waals surface area contributed by atoms with Crippen LogP contribution in [0.4, 0.5) is 4.39 Å². The minimum absolute atomic E-state index is 0.245. The molecular weight excluding hydrogens is 227 g/mol. The molecule has 1 saturated heterocycles. The summed E-state index contributed by atoms with van der Waals surface area (Å²) in [6, 6.07) is 8.47. The van der Waals surface area contributed by atoms with Gasteiger partial charge in [0, 0.05) is 19.2 Å². The number of hydrogen-bond donors (Lipinski definition) is 0. The zero-order chi connectivity index (χ0) is 12.8. The molecule has 3 heteroatoms. The summed E-state index contributed by atoms with van der Waals surface area (Å²) in [5.74, 6) is -0.245. The van der Waals surface area contributed by atoms with Crippen molar-refractivity contribution >= 4 is 5.70 Å². The molecule has 2 nitrogen and oxygen atoms in total. The van der Waals surface area contributed by atoms with Gasteiger partial charge in [-0.2, -0.15) is 5.26 Å². The van der Waals surface area contributed by atoms with Gasteiger partial charge in [0.05, 0.1) is 11.8 Å². The zero-order valence-corrected chi connectivity index (χ0v) is 10.4. The van der Waals surface area contributed by atoms with Crippen LogP contribution in [0.2, 0.25) is 0 Å². The van der Waals surface area contributed by atoms with Gasteiger partial charge in [-0.15, -0.1) is 0 Å². The van der Waals surface area contributed by atoms with E-state index < -0.39 is 0 Å². The average Bonchev–Trinajstić information content (AvgIpc) is 2.66. The highest BCUT2D eigenvalue weighted by molar-refractivity contribution is 5.66. The van der Waals surface area contributed by atoms with Crippen molar-refractivity contribution in [1.82, 2.24) is 4.90 Å². The molecule has 2 rings (SSSR count). The van der Waals surface area contributed by atoms with E-state index in [4.69, 9.17) is 5.26 Å². The first-order valence-electron chi connectivity index (χ1n) is 6.42. The van der Waals surface area contributed by atoms with Gasteiger partial charge in [0.1, 0.15) is 5.82 Å². The number of allylic oxidation sites excluding steroid dienone is 1. The lowest BCUT2D eigenvalue weighted by molar-refractivity contribution is 0.413. The minimum Gasteiger partial charge on any atom is -0.370 e. The molecule has 1 aliphatic rings. The molecule has 0 aliphatic carbocycles. The molecule has 94 valence electrons. The first-order chi connectivity index (χ1) is 8.81. The highest BCUT2D eigenvalue weighted by atomic mass is 19.1. The fraction of sp³-hybridized carbons (Fsp3) is 0.400. The van der Waals surface area contributed by atoms with Crippen LogP contribution in [-0.2, 0) is 0 Å². The molecule has 0 N–H and O–H groups in total. The highest BCUT2D eigenvalue weighted by Crippen LogP contribution is 2.23. The minimum atomic E-state index is -0.245. The third kappa shape index (κ3) is 3.10. The van der Waals surface area contributed by atoms with E-state index in [-0.39, 0.29) is 5.82 Å². The van der Waals surface area contributed by atoms with Crippen LogP contribution in [0.25, 0.3) is 5.70 Å². The van der Waals surface area contributed by atoms with E-state index in [1.807, 2.05) is 0 Å². The van der Waals surface area contributed by atoms with Crippen LogP contribution in [0.3, 0.4) is 0 Å². The fourth-order valence-electron chi connectivity index (χ4n) is 2.35. The third-order valence-corrected chi connectivity index (χ3v) is 3.29. The summed E-state index contributed by atoms with van der Waals surface area (Å²) in [7, 11) is 0. The van der Waals surface area contributed by atoms with Crippen molar-refractivity contribution < 1.29 is 4.39 Å². The van der Waals surface area contributed by atoms with E-state index in [0.717, 1.165) is 37.2 Å². The Kier molecular flexibility index (Phi) is 4.35. The Bertz CT molecular complexity index is 448. The predicted molar refractivity (Wildman–Crippen MR) is 70.0 cm³/mol. The zero-order valence-electron chi connectivity index (χ0n) is 10.4. The molecule has 0 radical (unpaired) electrons. The fourth-order valence-corrected chi connectivity index (χ4v) is 2.35. The summed E-state index contributed by atoms with van der Waals surface area (Å²) in [6.07, 6.45) is 6.38. The van der Waals surface area contributed by atoms with Crippen molar-refractivity contribution in [3.8, 4) is 6.07 Å². The Balaban J connectivity index is 2.25. The molecular formula is C15H17FN2. The van der Waals surface area contributed by atoms with Crippen LogP contribution in [0, 0.1) is 17.1 Å². The quantitative estimate of drug-likeness (QED) is 0.744. The van der Waals surface area contributed by atoms with Gasteiger partial charge in [-0.1, -0.05) is 12.8 Å². The second-order valence-electron chi connectivity index (χ2n) is 4.57. The smallest absolute Gasteiger partial charge is 0.123 e. The number of rotatable bonds is 2. The van der Waals surface area contributed by atoms with Crippen LogP contribution in [0.1, 0.15) is 31.2 Å². The van der Waals surface area contributed by atoms with E-state index in [1.165, 1.54) is 25.0 Å². The molecule has 1 heterocycles. The van der Waals surface area contributed by atoms with Gasteiger partial charge in [-0.05, 0) is 42.7 Å². The molecule has 1 aromatic carbocycles. The lowest BCUT2D eigenvalue weighted by atomic mass is 10.1. The Morgan fingerprint density at radius 2 is 1.72 bits per heavy atom. The summed E-state index contributed by atoms with van der Waals surface area (Å²) in [5.41, 5.74) is 1.83. The standard InChI is InChI=1S/C15H17FN2/c16-14-7-5-13(6-8-14)15(9-10-17)18-11-3-1-2-4-12-18/h5-9H,1-4,11-12H2/b15-9-. The summed E-state index contributed by atoms with van der Waals surface area (Å²) in [6.45, 7) is 1.95. The summed E-state index contributed by atoms with van der Waals surface area (Å²) >= 11 is 0. The molecule has 1 aromatic rings. The average molecular weight is 244 g/mol. The van der Waals surface area contributed by atoms with E-state index in [9.17, 15) is 4.39 Å². The Hall–Kier alpha value is -1.82. The number of nitriles is 1. The maximum absolute atomic E-state index is 12.9. The van der Waals surface area contributed by atoms with Gasteiger partial charge in [0.25, 0.3) is 0 Å². The van der Waals surface area contributed by atoms with Gasteiger partial charge >= 0.3 is 0 Å². The monoisotopic (exact) mass is 244 g/mol. The molecule has 1 fully saturated rings. The Morgan fingerprint density at radius 1 is 1.11 bits per heavy atom. The molecule has 0 bridgehead atoms. The number of likely N-dealkylation sites (tertiary alicyclic amines) is 1. The lowest BCUT2D eigenvalue weighted by Gasteiger charge is -2.25. The van der Waals surface area contributed by atoms with E-state index >= 15 is 0 Å². The van der Waals surface area contributed by atoms with Crippen LogP contribution >= 0.6 is 0 Å². The largest absolute Gasteiger partial charge is 0.370 e. The highest BCUT2D eigenvalue weighted by Gasteiger charge is 2.14. The van der Waals surface area contributed by atoms with Gasteiger partial charge in [-0.3, -0.25) is 0 Å². The predicted octanol–water partition coefficient (Wildman–Crippen LogP) is 3.57. The Labute approximate surface area is 107 Å². The van der Waals surface area contributed by atoms with Crippen molar-refractivity contribution in [3.05, 3.63) is 41.7 Å². The lowest BCUT2D eigenvalue weighted by Crippen LogP contribution is -2.23. The SMILES string of the molecule is N#C/C=C(/c1ccc(F)cc1)N1CCCCCC1. The van der Waals surface area contributed by atoms with Crippen LogP contribution in [0.5, 0.6) is 0 Å². The molecule has 0 spiro atoms. The van der Waals surface area contributed by atoms with Crippen molar-refractivity contribution in [2.75, 3.05) is 13.1 Å². The molecule has 0 unspecified atom stereocenters. The van der Waals surface area contributed by atoms with E-state index in [1.54, 1.807) is 18.2 Å². The van der Waals surface area contributed by atoms with E-state index in [0.29, 0.717) is 0 Å². The number of hydrogen-bond acceptors (Lipinski definition) is 2. The number of benzene rings is 1. The molecule has 0 atom stereocenters. The maximum Gasteiger partial charge on any atom is 0.123 e. The second-order valence-corrected chi connectivity index (χ2v) is 4.57. The first kappa shape index (κ1) is 12.6. The van der Waals surface area contributed by atoms with Crippen LogP contribution in [-0.4, -0.2) is 18.0 Å². The van der Waals surface area contributed by atoms with Crippen molar-refractivity contribution in [2.45, 2.75) is 25.7 Å². The summed E-state index contributed by atoms with van der Waals surface area (Å²) in [5, 5.41) is 8.93.